The largest absolute Gasteiger partial charge is 0.493 e. The summed E-state index contributed by atoms with van der Waals surface area (Å²) in [7, 11) is 1.31. The predicted octanol–water partition coefficient (Wildman–Crippen LogP) is 3.58. The van der Waals surface area contributed by atoms with Gasteiger partial charge in [0, 0.05) is 23.7 Å². The van der Waals surface area contributed by atoms with Gasteiger partial charge in [0.05, 0.1) is 24.6 Å². The van der Waals surface area contributed by atoms with E-state index in [1.54, 1.807) is 12.1 Å². The van der Waals surface area contributed by atoms with Crippen LogP contribution in [-0.2, 0) is 23.0 Å². The van der Waals surface area contributed by atoms with E-state index >= 15 is 0 Å². The van der Waals surface area contributed by atoms with Crippen molar-refractivity contribution in [2.45, 2.75) is 31.2 Å². The maximum atomic E-state index is 13.8. The molecule has 6 nitrogen and oxygen atoms in total. The van der Waals surface area contributed by atoms with E-state index in [2.05, 4.69) is 18.0 Å². The summed E-state index contributed by atoms with van der Waals surface area (Å²) in [5, 5.41) is 1.01. The number of fused-ring (bicyclic) bond motifs is 3. The summed E-state index contributed by atoms with van der Waals surface area (Å²) in [5.74, 6) is 0.895. The van der Waals surface area contributed by atoms with Crippen LogP contribution in [0.1, 0.15) is 23.2 Å². The smallest absolute Gasteiger partial charge is 0.268 e. The average Bonchev–Trinajstić information content (AvgIpc) is 2.87. The van der Waals surface area contributed by atoms with Crippen LogP contribution in [0.4, 0.5) is 0 Å². The van der Waals surface area contributed by atoms with E-state index in [4.69, 9.17) is 9.47 Å². The second-order valence-corrected chi connectivity index (χ2v) is 9.36. The Morgan fingerprint density at radius 3 is 2.48 bits per heavy atom. The fourth-order valence-corrected chi connectivity index (χ4v) is 5.76. The Morgan fingerprint density at radius 1 is 1.00 bits per heavy atom. The summed E-state index contributed by atoms with van der Waals surface area (Å²) in [6, 6.07) is 10.7. The van der Waals surface area contributed by atoms with E-state index in [-0.39, 0.29) is 4.90 Å². The lowest BCUT2D eigenvalue weighted by molar-refractivity contribution is 0.333. The Morgan fingerprint density at radius 2 is 1.76 bits per heavy atom. The molecule has 1 aliphatic heterocycles. The van der Waals surface area contributed by atoms with Gasteiger partial charge in [-0.1, -0.05) is 11.6 Å². The van der Waals surface area contributed by atoms with E-state index in [0.717, 1.165) is 53.7 Å². The third-order valence-corrected chi connectivity index (χ3v) is 7.31. The van der Waals surface area contributed by atoms with Gasteiger partial charge in [0.1, 0.15) is 0 Å². The van der Waals surface area contributed by atoms with Crippen LogP contribution in [0, 0.1) is 6.92 Å². The van der Waals surface area contributed by atoms with E-state index in [1.165, 1.54) is 24.3 Å². The van der Waals surface area contributed by atoms with Gasteiger partial charge in [-0.15, -0.1) is 0 Å². The lowest BCUT2D eigenvalue weighted by Gasteiger charge is -2.14. The molecule has 0 saturated heterocycles. The molecule has 0 unspecified atom stereocenters. The highest BCUT2D eigenvalue weighted by atomic mass is 32.2. The first kappa shape index (κ1) is 19.8. The van der Waals surface area contributed by atoms with Crippen LogP contribution in [0.2, 0.25) is 0 Å². The molecule has 0 aliphatic carbocycles. The van der Waals surface area contributed by atoms with Crippen LogP contribution in [-0.4, -0.2) is 45.1 Å². The van der Waals surface area contributed by atoms with Crippen molar-refractivity contribution in [2.75, 3.05) is 27.8 Å². The minimum absolute atomic E-state index is 0.188. The lowest BCUT2D eigenvalue weighted by atomic mass is 10.1. The van der Waals surface area contributed by atoms with Crippen LogP contribution < -0.4 is 9.47 Å². The van der Waals surface area contributed by atoms with Gasteiger partial charge in [0.25, 0.3) is 10.0 Å². The Hall–Kier alpha value is -2.51. The van der Waals surface area contributed by atoms with E-state index in [9.17, 15) is 8.42 Å². The first-order valence-corrected chi connectivity index (χ1v) is 11.1. The van der Waals surface area contributed by atoms with Gasteiger partial charge in [-0.25, -0.2) is 12.4 Å². The number of aromatic nitrogens is 1. The minimum Gasteiger partial charge on any atom is -0.493 e. The highest BCUT2D eigenvalue weighted by Crippen LogP contribution is 2.36. The van der Waals surface area contributed by atoms with Crippen LogP contribution in [0.3, 0.4) is 0 Å². The van der Waals surface area contributed by atoms with Crippen molar-refractivity contribution in [3.05, 3.63) is 53.2 Å². The minimum atomic E-state index is -3.81. The quantitative estimate of drug-likeness (QED) is 0.653. The van der Waals surface area contributed by atoms with E-state index in [1.807, 2.05) is 19.1 Å². The molecule has 154 valence electrons. The fraction of sp³-hybridized carbons (Fsp3) is 0.364. The first-order chi connectivity index (χ1) is 13.9. The van der Waals surface area contributed by atoms with Gasteiger partial charge in [0.15, 0.2) is 11.5 Å². The number of aryl methyl sites for hydroxylation is 1. The number of methoxy groups -OCH3 is 2. The van der Waals surface area contributed by atoms with Gasteiger partial charge in [-0.2, -0.15) is 0 Å². The summed E-state index contributed by atoms with van der Waals surface area (Å²) in [4.78, 5) is 2.44. The number of benzene rings is 2. The summed E-state index contributed by atoms with van der Waals surface area (Å²) in [6.45, 7) is 3.72. The van der Waals surface area contributed by atoms with Gasteiger partial charge < -0.3 is 14.4 Å². The number of nitrogens with zero attached hydrogens (tertiary/aromatic N) is 2. The maximum Gasteiger partial charge on any atom is 0.268 e. The lowest BCUT2D eigenvalue weighted by Crippen LogP contribution is -2.17. The topological polar surface area (TPSA) is 60.8 Å². The first-order valence-electron chi connectivity index (χ1n) is 9.65. The molecule has 29 heavy (non-hydrogen) atoms. The van der Waals surface area contributed by atoms with Crippen LogP contribution in [0.25, 0.3) is 10.9 Å². The Bertz CT molecular complexity index is 1180. The van der Waals surface area contributed by atoms with Crippen molar-refractivity contribution < 1.29 is 17.9 Å². The third-order valence-electron chi connectivity index (χ3n) is 5.56. The van der Waals surface area contributed by atoms with Crippen molar-refractivity contribution in [3.8, 4) is 11.5 Å². The normalized spacial score (nSPS) is 15.2. The molecule has 0 atom stereocenters. The Kier molecular flexibility index (Phi) is 5.04. The van der Waals surface area contributed by atoms with Crippen molar-refractivity contribution >= 4 is 20.9 Å². The van der Waals surface area contributed by atoms with Crippen LogP contribution in [0.15, 0.2) is 41.3 Å². The molecule has 2 aromatic carbocycles. The highest BCUT2D eigenvalue weighted by Gasteiger charge is 2.29. The van der Waals surface area contributed by atoms with Crippen molar-refractivity contribution in [3.63, 3.8) is 0 Å². The molecule has 3 aromatic rings. The van der Waals surface area contributed by atoms with E-state index in [0.29, 0.717) is 11.5 Å². The molecule has 1 aromatic heterocycles. The van der Waals surface area contributed by atoms with Crippen molar-refractivity contribution in [1.29, 1.82) is 0 Å². The number of ether oxygens (including phenoxy) is 2. The molecule has 0 saturated carbocycles. The number of rotatable bonds is 4. The SMILES string of the molecule is COc1ccc(S(=O)(=O)n2c3c(c4cc(C)ccc42)CN(C)CCC3)cc1OC. The number of hydrogen-bond donors (Lipinski definition) is 0. The molecule has 0 bridgehead atoms. The van der Waals surface area contributed by atoms with Gasteiger partial charge in [-0.05, 0) is 63.2 Å². The summed E-state index contributed by atoms with van der Waals surface area (Å²) in [6.07, 6.45) is 1.64. The predicted molar refractivity (Wildman–Crippen MR) is 113 cm³/mol. The van der Waals surface area contributed by atoms with Gasteiger partial charge in [0.2, 0.25) is 0 Å². The molecular weight excluding hydrogens is 388 g/mol. The molecule has 0 amide bonds. The highest BCUT2D eigenvalue weighted by molar-refractivity contribution is 7.90. The van der Waals surface area contributed by atoms with Crippen molar-refractivity contribution in [1.82, 2.24) is 8.87 Å². The van der Waals surface area contributed by atoms with Crippen LogP contribution in [0.5, 0.6) is 11.5 Å². The van der Waals surface area contributed by atoms with Crippen molar-refractivity contribution in [2.24, 2.45) is 0 Å². The molecular formula is C22H26N2O4S. The summed E-state index contributed by atoms with van der Waals surface area (Å²) >= 11 is 0. The molecule has 7 heteroatoms. The monoisotopic (exact) mass is 414 g/mol. The zero-order valence-corrected chi connectivity index (χ0v) is 18.0. The third kappa shape index (κ3) is 3.28. The number of hydrogen-bond acceptors (Lipinski definition) is 5. The summed E-state index contributed by atoms with van der Waals surface area (Å²) in [5.41, 5.74) is 3.83. The zero-order chi connectivity index (χ0) is 20.8. The molecule has 4 rings (SSSR count). The fourth-order valence-electron chi connectivity index (χ4n) is 4.14. The van der Waals surface area contributed by atoms with Crippen LogP contribution >= 0.6 is 0 Å². The maximum absolute atomic E-state index is 13.8. The van der Waals surface area contributed by atoms with Gasteiger partial charge in [-0.3, -0.25) is 0 Å². The standard InChI is InChI=1S/C22H26N2O4S/c1-15-7-9-20-17(12-15)18-14-23(2)11-5-6-19(18)24(20)29(25,26)16-8-10-21(27-3)22(13-16)28-4/h7-10,12-13H,5-6,11,14H2,1-4H3. The molecule has 0 fully saturated rings. The average molecular weight is 415 g/mol. The molecule has 0 radical (unpaired) electrons. The second-order valence-electron chi connectivity index (χ2n) is 7.57. The second kappa shape index (κ2) is 7.39. The van der Waals surface area contributed by atoms with E-state index < -0.39 is 10.0 Å². The molecule has 0 N–H and O–H groups in total. The summed E-state index contributed by atoms with van der Waals surface area (Å²) < 4.78 is 39.7. The zero-order valence-electron chi connectivity index (χ0n) is 17.2. The molecule has 0 spiro atoms. The Labute approximate surface area is 171 Å². The molecule has 2 heterocycles. The van der Waals surface area contributed by atoms with Gasteiger partial charge >= 0.3 is 0 Å². The molecule has 1 aliphatic rings. The Balaban J connectivity index is 1.99.